The molecule has 2 aliphatic heterocycles. The van der Waals surface area contributed by atoms with Gasteiger partial charge in [-0.15, -0.1) is 41.2 Å². The molecular formula is C35H19IrN2S2-. The Kier molecular flexibility index (Phi) is 5.58. The van der Waals surface area contributed by atoms with Gasteiger partial charge in [0.1, 0.15) is 0 Å². The van der Waals surface area contributed by atoms with Crippen molar-refractivity contribution in [2.75, 3.05) is 4.90 Å². The van der Waals surface area contributed by atoms with Crippen LogP contribution in [0.2, 0.25) is 0 Å². The van der Waals surface area contributed by atoms with E-state index in [1.54, 1.807) is 0 Å². The van der Waals surface area contributed by atoms with E-state index in [2.05, 4.69) is 120 Å². The van der Waals surface area contributed by atoms with E-state index in [0.717, 1.165) is 27.1 Å². The molecule has 5 heteroatoms. The number of aromatic nitrogens is 1. The van der Waals surface area contributed by atoms with E-state index in [9.17, 15) is 0 Å². The molecule has 7 aromatic rings. The van der Waals surface area contributed by atoms with Crippen molar-refractivity contribution in [1.82, 2.24) is 4.98 Å². The topological polar surface area (TPSA) is 16.1 Å². The fourth-order valence-corrected chi connectivity index (χ4v) is 8.10. The maximum atomic E-state index is 5.01. The molecule has 2 aliphatic rings. The number of pyridine rings is 1. The largest absolute Gasteiger partial charge is 0.348 e. The van der Waals surface area contributed by atoms with Crippen molar-refractivity contribution in [2.45, 2.75) is 19.6 Å². The summed E-state index contributed by atoms with van der Waals surface area (Å²) in [6.45, 7) is 0. The van der Waals surface area contributed by atoms with Gasteiger partial charge in [-0.25, -0.2) is 0 Å². The van der Waals surface area contributed by atoms with Crippen LogP contribution in [-0.4, -0.2) is 4.98 Å². The van der Waals surface area contributed by atoms with Crippen LogP contribution in [0.25, 0.3) is 43.7 Å². The Balaban J connectivity index is 0.00000245. The van der Waals surface area contributed by atoms with Crippen molar-refractivity contribution in [3.8, 4) is 11.3 Å². The fourth-order valence-electron chi connectivity index (χ4n) is 5.77. The predicted molar refractivity (Wildman–Crippen MR) is 164 cm³/mol. The SMILES string of the molecule is [Ir].[c-]1c(-c2ccc3ccccc3n2)cc2c3c1Sc1cc4ccccc4cc1N3c1cc3ccccc3cc1S2. The van der Waals surface area contributed by atoms with Gasteiger partial charge in [0.25, 0.3) is 0 Å². The number of hydrogen-bond donors (Lipinski definition) is 0. The number of para-hydroxylation sites is 1. The Bertz CT molecular complexity index is 2050. The quantitative estimate of drug-likeness (QED) is 0.157. The molecule has 1 radical (unpaired) electrons. The summed E-state index contributed by atoms with van der Waals surface area (Å²) in [5, 5.41) is 6.17. The molecule has 0 fully saturated rings. The first kappa shape index (κ1) is 24.2. The summed E-state index contributed by atoms with van der Waals surface area (Å²) in [7, 11) is 0. The molecule has 0 bridgehead atoms. The number of benzene rings is 6. The van der Waals surface area contributed by atoms with Crippen LogP contribution < -0.4 is 4.90 Å². The van der Waals surface area contributed by atoms with Crippen molar-refractivity contribution in [2.24, 2.45) is 0 Å². The minimum Gasteiger partial charge on any atom is -0.348 e. The average molecular weight is 724 g/mol. The molecule has 9 rings (SSSR count). The Labute approximate surface area is 253 Å². The average Bonchev–Trinajstić information content (AvgIpc) is 2.98. The van der Waals surface area contributed by atoms with E-state index in [0.29, 0.717) is 0 Å². The summed E-state index contributed by atoms with van der Waals surface area (Å²) in [5.41, 5.74) is 6.67. The number of rotatable bonds is 1. The molecule has 0 aliphatic carbocycles. The third-order valence-corrected chi connectivity index (χ3v) is 9.76. The molecule has 191 valence electrons. The van der Waals surface area contributed by atoms with E-state index in [4.69, 9.17) is 4.98 Å². The first-order chi connectivity index (χ1) is 19.3. The molecule has 0 unspecified atom stereocenters. The van der Waals surface area contributed by atoms with Crippen molar-refractivity contribution in [1.29, 1.82) is 0 Å². The normalized spacial score (nSPS) is 13.1. The fraction of sp³-hybridized carbons (Fsp3) is 0. The standard InChI is InChI=1S/C35H19N2S2.Ir/c1-3-10-24-17-31-29(15-22(24)8-1)37-30-16-23-9-2-4-11-25(23)18-32(30)39-34-20-26(19-33(38-31)35(34)37)28-14-13-21-7-5-6-12-27(21)36-28;/h1-19H;/q-1;. The molecule has 1 aromatic heterocycles. The Morgan fingerprint density at radius 1 is 0.550 bits per heavy atom. The Hall–Kier alpha value is -3.60. The third kappa shape index (κ3) is 3.66. The van der Waals surface area contributed by atoms with Gasteiger partial charge in [0.2, 0.25) is 0 Å². The van der Waals surface area contributed by atoms with Gasteiger partial charge >= 0.3 is 0 Å². The molecule has 0 saturated heterocycles. The van der Waals surface area contributed by atoms with Crippen molar-refractivity contribution in [3.05, 3.63) is 121 Å². The zero-order valence-electron chi connectivity index (χ0n) is 21.0. The maximum absolute atomic E-state index is 5.01. The van der Waals surface area contributed by atoms with Crippen LogP contribution in [0.3, 0.4) is 0 Å². The van der Waals surface area contributed by atoms with Gasteiger partial charge in [-0.05, 0) is 78.4 Å². The summed E-state index contributed by atoms with van der Waals surface area (Å²) in [4.78, 5) is 12.4. The van der Waals surface area contributed by atoms with Gasteiger partial charge in [0, 0.05) is 29.9 Å². The number of anilines is 3. The molecule has 0 amide bonds. The van der Waals surface area contributed by atoms with Crippen LogP contribution in [0.1, 0.15) is 0 Å². The predicted octanol–water partition coefficient (Wildman–Crippen LogP) is 10.4. The summed E-state index contributed by atoms with van der Waals surface area (Å²) in [6, 6.07) is 45.3. The molecule has 3 heterocycles. The van der Waals surface area contributed by atoms with Crippen LogP contribution in [-0.2, 0) is 20.1 Å². The van der Waals surface area contributed by atoms with Crippen LogP contribution in [0.4, 0.5) is 17.1 Å². The monoisotopic (exact) mass is 724 g/mol. The van der Waals surface area contributed by atoms with Gasteiger partial charge < -0.3 is 4.90 Å². The molecule has 40 heavy (non-hydrogen) atoms. The summed E-state index contributed by atoms with van der Waals surface area (Å²) in [5.74, 6) is 0. The number of fused-ring (bicyclic) bond motifs is 7. The number of nitrogens with zero attached hydrogens (tertiary/aromatic N) is 2. The first-order valence-electron chi connectivity index (χ1n) is 13.0. The van der Waals surface area contributed by atoms with E-state index < -0.39 is 0 Å². The summed E-state index contributed by atoms with van der Waals surface area (Å²) in [6.07, 6.45) is 0. The van der Waals surface area contributed by atoms with Crippen LogP contribution in [0, 0.1) is 6.07 Å². The second kappa shape index (κ2) is 9.22. The molecule has 6 aromatic carbocycles. The summed E-state index contributed by atoms with van der Waals surface area (Å²) < 4.78 is 0. The van der Waals surface area contributed by atoms with E-state index in [1.807, 2.05) is 29.6 Å². The zero-order chi connectivity index (χ0) is 25.5. The van der Waals surface area contributed by atoms with Crippen molar-refractivity contribution in [3.63, 3.8) is 0 Å². The second-order valence-electron chi connectivity index (χ2n) is 9.99. The number of hydrogen-bond acceptors (Lipinski definition) is 4. The second-order valence-corrected chi connectivity index (χ2v) is 12.1. The molecule has 2 nitrogen and oxygen atoms in total. The molecular weight excluding hydrogens is 705 g/mol. The molecule has 0 spiro atoms. The third-order valence-electron chi connectivity index (χ3n) is 7.64. The van der Waals surface area contributed by atoms with Gasteiger partial charge in [-0.2, -0.15) is 0 Å². The van der Waals surface area contributed by atoms with E-state index in [-0.39, 0.29) is 20.1 Å². The Morgan fingerprint density at radius 3 is 1.80 bits per heavy atom. The molecule has 0 N–H and O–H groups in total. The zero-order valence-corrected chi connectivity index (χ0v) is 25.0. The maximum Gasteiger partial charge on any atom is 0.0595 e. The van der Waals surface area contributed by atoms with E-state index >= 15 is 0 Å². The minimum absolute atomic E-state index is 0. The van der Waals surface area contributed by atoms with Crippen LogP contribution in [0.5, 0.6) is 0 Å². The van der Waals surface area contributed by atoms with Gasteiger partial charge in [0.15, 0.2) is 0 Å². The van der Waals surface area contributed by atoms with Gasteiger partial charge in [-0.3, -0.25) is 4.98 Å². The molecule has 0 atom stereocenters. The van der Waals surface area contributed by atoms with Crippen LogP contribution in [0.15, 0.2) is 135 Å². The molecule has 0 saturated carbocycles. The van der Waals surface area contributed by atoms with Crippen molar-refractivity contribution < 1.29 is 20.1 Å². The van der Waals surface area contributed by atoms with E-state index in [1.165, 1.54) is 53.3 Å². The summed E-state index contributed by atoms with van der Waals surface area (Å²) >= 11 is 3.67. The first-order valence-corrected chi connectivity index (χ1v) is 14.6. The Morgan fingerprint density at radius 2 is 1.12 bits per heavy atom. The smallest absolute Gasteiger partial charge is 0.0595 e. The minimum atomic E-state index is 0. The van der Waals surface area contributed by atoms with Crippen LogP contribution >= 0.6 is 23.5 Å². The van der Waals surface area contributed by atoms with Gasteiger partial charge in [0.05, 0.1) is 16.9 Å². The van der Waals surface area contributed by atoms with Crippen molar-refractivity contribution >= 4 is 73.0 Å². The van der Waals surface area contributed by atoms with Gasteiger partial charge in [-0.1, -0.05) is 78.9 Å².